The molecule has 1 atom stereocenters. The third-order valence-corrected chi connectivity index (χ3v) is 2.79. The summed E-state index contributed by atoms with van der Waals surface area (Å²) >= 11 is 0. The van der Waals surface area contributed by atoms with Crippen LogP contribution in [0.3, 0.4) is 0 Å². The molecule has 0 radical (unpaired) electrons. The van der Waals surface area contributed by atoms with Crippen LogP contribution in [0.5, 0.6) is 11.5 Å². The number of methoxy groups -OCH3 is 1. The summed E-state index contributed by atoms with van der Waals surface area (Å²) in [6.45, 7) is 2.08. The van der Waals surface area contributed by atoms with Crippen LogP contribution in [0, 0.1) is 0 Å². The lowest BCUT2D eigenvalue weighted by Crippen LogP contribution is -2.44. The fourth-order valence-electron chi connectivity index (χ4n) is 1.72. The molecule has 0 saturated heterocycles. The van der Waals surface area contributed by atoms with Crippen molar-refractivity contribution in [3.8, 4) is 11.5 Å². The minimum atomic E-state index is -0.697. The number of carbonyl (C=O) groups excluding carboxylic acids is 2. The Morgan fingerprint density at radius 2 is 2.10 bits per heavy atom. The lowest BCUT2D eigenvalue weighted by atomic mass is 10.2. The van der Waals surface area contributed by atoms with Crippen molar-refractivity contribution in [2.45, 2.75) is 19.5 Å². The summed E-state index contributed by atoms with van der Waals surface area (Å²) in [5, 5.41) is 5.12. The van der Waals surface area contributed by atoms with Crippen molar-refractivity contribution in [1.29, 1.82) is 0 Å². The number of esters is 1. The van der Waals surface area contributed by atoms with Crippen molar-refractivity contribution in [3.63, 3.8) is 0 Å². The molecule has 0 unspecified atom stereocenters. The summed E-state index contributed by atoms with van der Waals surface area (Å²) < 4.78 is 15.0. The van der Waals surface area contributed by atoms with Gasteiger partial charge in [-0.1, -0.05) is 6.07 Å². The van der Waals surface area contributed by atoms with Gasteiger partial charge in [-0.25, -0.2) is 9.59 Å². The highest BCUT2D eigenvalue weighted by Gasteiger charge is 2.16. The van der Waals surface area contributed by atoms with E-state index in [-0.39, 0.29) is 6.79 Å². The van der Waals surface area contributed by atoms with Crippen LogP contribution in [0.2, 0.25) is 0 Å². The number of hydrogen-bond acceptors (Lipinski definition) is 5. The van der Waals surface area contributed by atoms with Gasteiger partial charge in [0.25, 0.3) is 0 Å². The van der Waals surface area contributed by atoms with Crippen LogP contribution in [0.15, 0.2) is 18.2 Å². The molecule has 0 fully saturated rings. The second kappa shape index (κ2) is 6.14. The maximum absolute atomic E-state index is 11.6. The number of amides is 2. The molecule has 1 aromatic carbocycles. The smallest absolute Gasteiger partial charge is 0.328 e. The molecule has 1 heterocycles. The van der Waals surface area contributed by atoms with Gasteiger partial charge in [0.15, 0.2) is 11.5 Å². The standard InChI is InChI=1S/C13H16N2O5/c1-8(12(16)18-2)15-13(17)14-6-9-3-4-10-11(5-9)20-7-19-10/h3-5,8H,6-7H2,1-2H3,(H2,14,15,17)/t8-/m0/s1. The molecule has 7 nitrogen and oxygen atoms in total. The Labute approximate surface area is 116 Å². The molecule has 1 aliphatic rings. The number of ether oxygens (including phenoxy) is 3. The van der Waals surface area contributed by atoms with Gasteiger partial charge in [0.05, 0.1) is 7.11 Å². The van der Waals surface area contributed by atoms with Crippen LogP contribution in [-0.4, -0.2) is 31.9 Å². The molecule has 1 aliphatic heterocycles. The molecule has 0 aliphatic carbocycles. The average molecular weight is 280 g/mol. The third kappa shape index (κ3) is 3.31. The van der Waals surface area contributed by atoms with E-state index in [1.807, 2.05) is 6.07 Å². The molecule has 7 heteroatoms. The van der Waals surface area contributed by atoms with Gasteiger partial charge < -0.3 is 24.8 Å². The van der Waals surface area contributed by atoms with Crippen molar-refractivity contribution in [2.24, 2.45) is 0 Å². The summed E-state index contributed by atoms with van der Waals surface area (Å²) in [4.78, 5) is 22.7. The van der Waals surface area contributed by atoms with Gasteiger partial charge in [0.1, 0.15) is 6.04 Å². The Morgan fingerprint density at radius 3 is 2.85 bits per heavy atom. The van der Waals surface area contributed by atoms with Crippen molar-refractivity contribution in [2.75, 3.05) is 13.9 Å². The van der Waals surface area contributed by atoms with Crippen LogP contribution >= 0.6 is 0 Å². The Kier molecular flexibility index (Phi) is 4.29. The van der Waals surface area contributed by atoms with Crippen LogP contribution in [0.4, 0.5) is 4.79 Å². The number of nitrogens with one attached hydrogen (secondary N) is 2. The molecule has 2 rings (SSSR count). The molecular weight excluding hydrogens is 264 g/mol. The number of fused-ring (bicyclic) bond motifs is 1. The fraction of sp³-hybridized carbons (Fsp3) is 0.385. The molecule has 2 N–H and O–H groups in total. The Morgan fingerprint density at radius 1 is 1.35 bits per heavy atom. The largest absolute Gasteiger partial charge is 0.467 e. The summed E-state index contributed by atoms with van der Waals surface area (Å²) in [5.74, 6) is 0.855. The van der Waals surface area contributed by atoms with E-state index in [2.05, 4.69) is 15.4 Å². The first-order chi connectivity index (χ1) is 9.60. The van der Waals surface area contributed by atoms with E-state index in [0.29, 0.717) is 18.0 Å². The van der Waals surface area contributed by atoms with Crippen LogP contribution < -0.4 is 20.1 Å². The Balaban J connectivity index is 1.83. The summed E-state index contributed by atoms with van der Waals surface area (Å²) in [6.07, 6.45) is 0. The van der Waals surface area contributed by atoms with Crippen molar-refractivity contribution >= 4 is 12.0 Å². The van der Waals surface area contributed by atoms with E-state index < -0.39 is 18.0 Å². The molecule has 1 aromatic rings. The van der Waals surface area contributed by atoms with Crippen LogP contribution in [-0.2, 0) is 16.1 Å². The molecule has 0 aromatic heterocycles. The van der Waals surface area contributed by atoms with Gasteiger partial charge in [-0.15, -0.1) is 0 Å². The van der Waals surface area contributed by atoms with Gasteiger partial charge in [0, 0.05) is 6.54 Å². The maximum atomic E-state index is 11.6. The monoisotopic (exact) mass is 280 g/mol. The zero-order valence-electron chi connectivity index (χ0n) is 11.3. The molecule has 0 spiro atoms. The highest BCUT2D eigenvalue weighted by Crippen LogP contribution is 2.32. The molecular formula is C13H16N2O5. The van der Waals surface area contributed by atoms with Crippen molar-refractivity contribution in [3.05, 3.63) is 23.8 Å². The van der Waals surface area contributed by atoms with E-state index in [0.717, 1.165) is 5.56 Å². The van der Waals surface area contributed by atoms with Gasteiger partial charge in [-0.3, -0.25) is 0 Å². The lowest BCUT2D eigenvalue weighted by molar-refractivity contribution is -0.142. The maximum Gasteiger partial charge on any atom is 0.328 e. The van der Waals surface area contributed by atoms with Gasteiger partial charge >= 0.3 is 12.0 Å². The highest BCUT2D eigenvalue weighted by atomic mass is 16.7. The predicted octanol–water partition coefficient (Wildman–Crippen LogP) is 0.776. The van der Waals surface area contributed by atoms with E-state index in [9.17, 15) is 9.59 Å². The Bertz CT molecular complexity index is 517. The van der Waals surface area contributed by atoms with Gasteiger partial charge in [0.2, 0.25) is 6.79 Å². The van der Waals surface area contributed by atoms with E-state index in [1.165, 1.54) is 7.11 Å². The van der Waals surface area contributed by atoms with Crippen molar-refractivity contribution < 1.29 is 23.8 Å². The highest BCUT2D eigenvalue weighted by molar-refractivity contribution is 5.83. The van der Waals surface area contributed by atoms with E-state index in [1.54, 1.807) is 19.1 Å². The van der Waals surface area contributed by atoms with E-state index in [4.69, 9.17) is 9.47 Å². The van der Waals surface area contributed by atoms with Crippen molar-refractivity contribution in [1.82, 2.24) is 10.6 Å². The summed E-state index contributed by atoms with van der Waals surface area (Å²) in [7, 11) is 1.27. The molecule has 0 bridgehead atoms. The number of urea groups is 1. The van der Waals surface area contributed by atoms with Crippen LogP contribution in [0.1, 0.15) is 12.5 Å². The number of hydrogen-bond donors (Lipinski definition) is 2. The predicted molar refractivity (Wildman–Crippen MR) is 69.4 cm³/mol. The first kappa shape index (κ1) is 14.0. The first-order valence-electron chi connectivity index (χ1n) is 6.11. The normalized spacial score (nSPS) is 13.5. The van der Waals surface area contributed by atoms with Gasteiger partial charge in [-0.05, 0) is 24.6 Å². The van der Waals surface area contributed by atoms with Gasteiger partial charge in [-0.2, -0.15) is 0 Å². The third-order valence-electron chi connectivity index (χ3n) is 2.79. The quantitative estimate of drug-likeness (QED) is 0.796. The minimum Gasteiger partial charge on any atom is -0.467 e. The number of benzene rings is 1. The van der Waals surface area contributed by atoms with Crippen LogP contribution in [0.25, 0.3) is 0 Å². The SMILES string of the molecule is COC(=O)[C@H](C)NC(=O)NCc1ccc2c(c1)OCO2. The topological polar surface area (TPSA) is 85.9 Å². The summed E-state index contributed by atoms with van der Waals surface area (Å²) in [6, 6.07) is 4.27. The minimum absolute atomic E-state index is 0.212. The second-order valence-electron chi connectivity index (χ2n) is 4.26. The zero-order valence-corrected chi connectivity index (χ0v) is 11.3. The zero-order chi connectivity index (χ0) is 14.5. The first-order valence-corrected chi connectivity index (χ1v) is 6.11. The van der Waals surface area contributed by atoms with E-state index >= 15 is 0 Å². The lowest BCUT2D eigenvalue weighted by Gasteiger charge is -2.12. The second-order valence-corrected chi connectivity index (χ2v) is 4.26. The molecule has 108 valence electrons. The summed E-state index contributed by atoms with van der Waals surface area (Å²) in [5.41, 5.74) is 0.870. The molecule has 0 saturated carbocycles. The molecule has 20 heavy (non-hydrogen) atoms. The molecule has 2 amide bonds. The number of carbonyl (C=O) groups is 2. The average Bonchev–Trinajstić information content (AvgIpc) is 2.91. The number of rotatable bonds is 4. The Hall–Kier alpha value is -2.44. The fourth-order valence-corrected chi connectivity index (χ4v) is 1.72.